The molecular formula is C62H94N4O14W4-4. The molecule has 5 aliphatic carbocycles. The first-order valence-corrected chi connectivity index (χ1v) is 30.2. The van der Waals surface area contributed by atoms with E-state index in [1.54, 1.807) is 6.54 Å². The van der Waals surface area contributed by atoms with E-state index >= 15 is 0 Å². The van der Waals surface area contributed by atoms with Crippen LogP contribution in [-0.2, 0) is 143 Å². The Bertz CT molecular complexity index is 2080. The van der Waals surface area contributed by atoms with Crippen molar-refractivity contribution in [1.29, 1.82) is 0 Å². The van der Waals surface area contributed by atoms with E-state index in [4.69, 9.17) is 35.4 Å². The third-order valence-corrected chi connectivity index (χ3v) is 19.5. The molecular weight excluding hydrogens is 1760 g/mol. The van der Waals surface area contributed by atoms with Gasteiger partial charge in [0, 0.05) is 146 Å². The molecule has 1 aromatic rings. The van der Waals surface area contributed by atoms with Gasteiger partial charge in [0.1, 0.15) is 36.3 Å². The topological polar surface area (TPSA) is 285 Å². The summed E-state index contributed by atoms with van der Waals surface area (Å²) in [6, 6.07) is 9.98. The molecule has 11 rings (SSSR count). The van der Waals surface area contributed by atoms with Crippen LogP contribution in [0.25, 0.3) is 0 Å². The summed E-state index contributed by atoms with van der Waals surface area (Å²) in [5, 5.41) is 29.7. The fourth-order valence-corrected chi connectivity index (χ4v) is 15.4. The Labute approximate surface area is 556 Å². The predicted molar refractivity (Wildman–Crippen MR) is 296 cm³/mol. The zero-order valence-electron chi connectivity index (χ0n) is 49.4. The maximum Gasteiger partial charge on any atom is 0.306 e. The minimum absolute atomic E-state index is 0. The van der Waals surface area contributed by atoms with Gasteiger partial charge in [-0.25, -0.2) is 0 Å². The number of carbonyl (C=O) groups excluding carboxylic acids is 6. The molecule has 0 unspecified atom stereocenters. The Kier molecular flexibility index (Phi) is 35.2. The Morgan fingerprint density at radius 2 is 0.786 bits per heavy atom. The fourth-order valence-electron chi connectivity index (χ4n) is 15.4. The van der Waals surface area contributed by atoms with Crippen molar-refractivity contribution in [3.8, 4) is 0 Å². The summed E-state index contributed by atoms with van der Waals surface area (Å²) in [4.78, 5) is 67.9. The number of benzene rings is 1. The third kappa shape index (κ3) is 21.4. The van der Waals surface area contributed by atoms with Crippen molar-refractivity contribution in [3.05, 3.63) is 61.8 Å². The van der Waals surface area contributed by atoms with Gasteiger partial charge in [0.25, 0.3) is 0 Å². The van der Waals surface area contributed by atoms with E-state index in [9.17, 15) is 44.1 Å². The second kappa shape index (κ2) is 38.4. The normalized spacial score (nSPS) is 35.6. The van der Waals surface area contributed by atoms with E-state index in [1.165, 1.54) is 18.4 Å². The zero-order valence-corrected chi connectivity index (χ0v) is 61.2. The molecule has 10 fully saturated rings. The standard InChI is InChI=1S/C18H22O4.C12H19O2.C11H19N2O2.C11H17O3.C10H17N2O3.4W/c19-13(7-6-12-4-2-1-3-5-12)8-9-14-15-10-18(21)22-17(15)11-16(14)20;1-3-4-5-9-8(2)6-11-10(9)7-12(13)14-11;1-7-5-10-9(6-11(14)15-10)8(7)3-2-4-13-12;1-2-3-4-7-8-5-11(13)14-10(8)6-9(7)12;11-12-3-1-2-6-7-4-10(14)15-9(7)5-8(6)13;;;;/h1-5,14-17,20H,6-11H2;3,8-11H,4-7H2,1-2H3;4,7-10,13H,2-3,5-6,12H2,1H3;2,7-10,12H,3-6H2,1H3;3,6-9,12-13H,1-2,4-5,11H2;;;;/q;4*-1;;;;/t14-,15-,16-,17+;8-,9+,10-,11+;7-,8+,9-,10+;7-,8-,9-,10+;6-,7-,8-,9+;;;;/m11111..../s1. The van der Waals surface area contributed by atoms with Gasteiger partial charge in [0.15, 0.2) is 0 Å². The number of aliphatic hydroxyl groups excluding tert-OH is 3. The van der Waals surface area contributed by atoms with Crippen molar-refractivity contribution in [2.24, 2.45) is 82.7 Å². The maximum atomic E-state index is 12.1. The SMILES string of the molecule is C[C@@H]1C[C@@H]2OC(=O)C[C@@H]2[C@H]1CC[CH-]NN.C[CH-]CC[C@@H]1[C@H]2CC(=O)O[C@H]2C[C@H]1C.C[CH-]CC[C@@H]1[C@H]2CC(=O)O[C@H]2C[C@H]1O.NN[CH-]CC[C@@H]1[C@H]2CC(=O)O[C@H]2C[C@H]1O.O=C(CCc1ccccc1)CC[C@@H]1[C@H]2CC(=O)O[C@H]2C[C@H]1O.[W].[W].[W].[W]. The Morgan fingerprint density at radius 1 is 0.476 bits per heavy atom. The molecule has 20 atom stereocenters. The quantitative estimate of drug-likeness (QED) is 0.0176. The number of ketones is 1. The van der Waals surface area contributed by atoms with Crippen LogP contribution in [0.4, 0.5) is 0 Å². The predicted octanol–water partition coefficient (Wildman–Crippen LogP) is 6.84. The number of nitrogens with two attached hydrogens (primary N) is 2. The number of Topliss-reactive ketones (excluding diaryl/α,β-unsaturated/α-hetero) is 1. The van der Waals surface area contributed by atoms with Gasteiger partial charge >= 0.3 is 29.8 Å². The minimum atomic E-state index is -0.440. The van der Waals surface area contributed by atoms with Gasteiger partial charge in [0.2, 0.25) is 0 Å². The van der Waals surface area contributed by atoms with Crippen molar-refractivity contribution < 1.29 is 152 Å². The fraction of sp³-hybridized carbons (Fsp3) is 0.742. The number of fused-ring (bicyclic) bond motifs is 5. The number of hydrazine groups is 2. The summed E-state index contributed by atoms with van der Waals surface area (Å²) in [6.07, 6.45) is 20.7. The van der Waals surface area contributed by atoms with E-state index < -0.39 is 6.10 Å². The largest absolute Gasteiger partial charge is 0.462 e. The van der Waals surface area contributed by atoms with Crippen LogP contribution < -0.4 is 22.5 Å². The van der Waals surface area contributed by atoms with Gasteiger partial charge in [-0.2, -0.15) is 39.5 Å². The number of rotatable bonds is 20. The Hall–Kier alpha value is -1.29. The van der Waals surface area contributed by atoms with Crippen molar-refractivity contribution in [1.82, 2.24) is 10.9 Å². The molecule has 10 aliphatic rings. The molecule has 0 bridgehead atoms. The molecule has 5 saturated carbocycles. The first kappa shape index (κ1) is 77.0. The van der Waals surface area contributed by atoms with Gasteiger partial charge < -0.3 is 74.4 Å². The van der Waals surface area contributed by atoms with Crippen LogP contribution in [0.2, 0.25) is 0 Å². The smallest absolute Gasteiger partial charge is 0.306 e. The van der Waals surface area contributed by atoms with Crippen LogP contribution in [0, 0.1) is 96.9 Å². The van der Waals surface area contributed by atoms with Gasteiger partial charge in [-0.15, -0.1) is 0 Å². The summed E-state index contributed by atoms with van der Waals surface area (Å²) < 4.78 is 26.1. The van der Waals surface area contributed by atoms with Gasteiger partial charge in [-0.1, -0.05) is 69.9 Å². The molecule has 5 saturated heterocycles. The summed E-state index contributed by atoms with van der Waals surface area (Å²) in [6.45, 7) is 12.3. The molecule has 0 aromatic heterocycles. The van der Waals surface area contributed by atoms with Crippen molar-refractivity contribution in [2.75, 3.05) is 0 Å². The number of aryl methyl sites for hydroxylation is 1. The van der Waals surface area contributed by atoms with Crippen molar-refractivity contribution >= 4 is 35.6 Å². The molecule has 0 radical (unpaired) electrons. The number of unbranched alkanes of at least 4 members (excludes halogenated alkanes) is 2. The van der Waals surface area contributed by atoms with Crippen LogP contribution in [0.3, 0.4) is 0 Å². The number of hydrogen-bond donors (Lipinski definition) is 7. The van der Waals surface area contributed by atoms with E-state index in [-0.39, 0.29) is 198 Å². The first-order chi connectivity index (χ1) is 38.5. The van der Waals surface area contributed by atoms with Crippen LogP contribution >= 0.6 is 0 Å². The Morgan fingerprint density at radius 3 is 1.14 bits per heavy atom. The molecule has 0 spiro atoms. The number of aliphatic hydroxyl groups is 3. The molecule has 5 heterocycles. The number of ether oxygens (including phenoxy) is 5. The Balaban J connectivity index is 0.000000275. The molecule has 474 valence electrons. The summed E-state index contributed by atoms with van der Waals surface area (Å²) in [5.74, 6) is 14.9. The molecule has 18 nitrogen and oxygen atoms in total. The third-order valence-electron chi connectivity index (χ3n) is 19.5. The number of carbonyl (C=O) groups is 6. The molecule has 9 N–H and O–H groups in total. The molecule has 5 aliphatic heterocycles. The average molecular weight is 1850 g/mol. The second-order valence-electron chi connectivity index (χ2n) is 24.6. The van der Waals surface area contributed by atoms with E-state index in [0.29, 0.717) is 100 Å². The van der Waals surface area contributed by atoms with Crippen LogP contribution in [0.1, 0.15) is 168 Å². The number of hydrogen-bond acceptors (Lipinski definition) is 18. The minimum Gasteiger partial charge on any atom is -0.462 e. The molecule has 22 heteroatoms. The molecule has 1 aromatic carbocycles. The van der Waals surface area contributed by atoms with Crippen molar-refractivity contribution in [3.63, 3.8) is 0 Å². The van der Waals surface area contributed by atoms with E-state index in [2.05, 4.69) is 44.5 Å². The summed E-state index contributed by atoms with van der Waals surface area (Å²) >= 11 is 0. The first-order valence-electron chi connectivity index (χ1n) is 30.2. The summed E-state index contributed by atoms with van der Waals surface area (Å²) in [5.41, 5.74) is 6.19. The zero-order chi connectivity index (χ0) is 57.5. The van der Waals surface area contributed by atoms with E-state index in [1.807, 2.05) is 43.8 Å². The van der Waals surface area contributed by atoms with Gasteiger partial charge in [-0.05, 0) is 72.7 Å². The van der Waals surface area contributed by atoms with Gasteiger partial charge in [0.05, 0.1) is 50.4 Å². The molecule has 84 heavy (non-hydrogen) atoms. The van der Waals surface area contributed by atoms with Crippen LogP contribution in [0.15, 0.2) is 30.3 Å². The monoisotopic (exact) mass is 1850 g/mol. The maximum absolute atomic E-state index is 12.1. The van der Waals surface area contributed by atoms with Gasteiger partial charge in [-0.3, -0.25) is 41.9 Å². The second-order valence-corrected chi connectivity index (χ2v) is 24.6. The average Bonchev–Trinajstić information content (AvgIpc) is 4.55. The van der Waals surface area contributed by atoms with E-state index in [0.717, 1.165) is 63.7 Å². The molecule has 0 amide bonds. The number of esters is 5. The summed E-state index contributed by atoms with van der Waals surface area (Å²) in [7, 11) is 0. The number of nitrogens with one attached hydrogen (secondary N) is 2. The van der Waals surface area contributed by atoms with Crippen LogP contribution in [0.5, 0.6) is 0 Å². The van der Waals surface area contributed by atoms with Crippen LogP contribution in [-0.4, -0.2) is 99.8 Å². The van der Waals surface area contributed by atoms with Crippen molar-refractivity contribution in [2.45, 2.75) is 218 Å².